The van der Waals surface area contributed by atoms with E-state index in [0.717, 1.165) is 19.3 Å². The van der Waals surface area contributed by atoms with Gasteiger partial charge in [0.1, 0.15) is 0 Å². The van der Waals surface area contributed by atoms with Gasteiger partial charge in [0, 0.05) is 19.6 Å². The molecule has 174 valence electrons. The first-order valence-electron chi connectivity index (χ1n) is 11.4. The fourth-order valence-corrected chi connectivity index (χ4v) is 3.20. The molecule has 2 unspecified atom stereocenters. The van der Waals surface area contributed by atoms with Crippen molar-refractivity contribution in [2.75, 3.05) is 19.8 Å². The summed E-state index contributed by atoms with van der Waals surface area (Å²) in [5.74, 6) is 4.56. The summed E-state index contributed by atoms with van der Waals surface area (Å²) in [7, 11) is 0. The zero-order chi connectivity index (χ0) is 23.0. The number of carboxylic acids is 1. The third-order valence-corrected chi connectivity index (χ3v) is 5.37. The molecule has 0 aliphatic heterocycles. The zero-order valence-electron chi connectivity index (χ0n) is 19.8. The molecule has 2 atom stereocenters. The van der Waals surface area contributed by atoms with Crippen LogP contribution in [-0.4, -0.2) is 43.2 Å². The highest BCUT2D eigenvalue weighted by atomic mass is 16.7. The highest BCUT2D eigenvalue weighted by molar-refractivity contribution is 5.99. The maximum atomic E-state index is 12.9. The topological polar surface area (TPSA) is 82.1 Å². The Labute approximate surface area is 183 Å². The van der Waals surface area contributed by atoms with Crippen LogP contribution in [0.25, 0.3) is 0 Å². The van der Waals surface area contributed by atoms with Gasteiger partial charge in [-0.1, -0.05) is 46.5 Å². The molecule has 0 saturated carbocycles. The molecule has 0 radical (unpaired) electrons. The van der Waals surface area contributed by atoms with Gasteiger partial charge in [-0.3, -0.25) is 9.59 Å². The van der Waals surface area contributed by atoms with Crippen molar-refractivity contribution in [2.45, 2.75) is 92.8 Å². The number of carbonyl (C=O) groups excluding carboxylic acids is 1. The fourth-order valence-electron chi connectivity index (χ4n) is 3.20. The molecule has 6 nitrogen and oxygen atoms in total. The molecule has 0 amide bonds. The van der Waals surface area contributed by atoms with Crippen molar-refractivity contribution in [1.29, 1.82) is 0 Å². The summed E-state index contributed by atoms with van der Waals surface area (Å²) >= 11 is 0. The molecule has 0 aliphatic rings. The lowest BCUT2D eigenvalue weighted by molar-refractivity contribution is -0.172. The third-order valence-electron chi connectivity index (χ3n) is 5.37. The molecule has 0 aromatic rings. The minimum atomic E-state index is -1.47. The molecule has 0 aromatic heterocycles. The van der Waals surface area contributed by atoms with E-state index in [9.17, 15) is 14.7 Å². The second-order valence-electron chi connectivity index (χ2n) is 7.98. The van der Waals surface area contributed by atoms with E-state index in [1.807, 2.05) is 41.5 Å². The molecular formula is C24H42O6. The molecule has 6 heteroatoms. The molecule has 30 heavy (non-hydrogen) atoms. The largest absolute Gasteiger partial charge is 0.480 e. The maximum Gasteiger partial charge on any atom is 0.323 e. The summed E-state index contributed by atoms with van der Waals surface area (Å²) in [6, 6.07) is 0. The molecule has 0 saturated heterocycles. The fraction of sp³-hybridized carbons (Fsp3) is 0.833. The standard InChI is InChI=1S/C24H42O6/c1-7-19(5)17-24(22(25)26,18-20(6)8-2)23(27)30-16-14-12-11-13-15-21(28-9-3)29-10-4/h19-21H,7-12,14,16-18H2,1-6H3,(H,25,26). The smallest absolute Gasteiger partial charge is 0.323 e. The lowest BCUT2D eigenvalue weighted by atomic mass is 9.72. The molecule has 1 N–H and O–H groups in total. The number of aliphatic carboxylic acids is 1. The normalized spacial score (nSPS) is 15.0. The van der Waals surface area contributed by atoms with Crippen molar-refractivity contribution in [2.24, 2.45) is 17.3 Å². The van der Waals surface area contributed by atoms with Crippen LogP contribution in [-0.2, 0) is 23.8 Å². The van der Waals surface area contributed by atoms with E-state index in [1.54, 1.807) is 0 Å². The average molecular weight is 427 g/mol. The molecule has 0 aromatic carbocycles. The lowest BCUT2D eigenvalue weighted by Crippen LogP contribution is -2.43. The zero-order valence-corrected chi connectivity index (χ0v) is 19.8. The Morgan fingerprint density at radius 1 is 0.933 bits per heavy atom. The Kier molecular flexibility index (Phi) is 15.3. The lowest BCUT2D eigenvalue weighted by Gasteiger charge is -2.31. The molecular weight excluding hydrogens is 384 g/mol. The number of carboxylic acid groups (broad SMARTS) is 1. The SMILES string of the molecule is CCOC(C#CCCCCOC(=O)C(CC(C)CC)(CC(C)CC)C(=O)O)OCC. The molecule has 0 aliphatic carbocycles. The predicted octanol–water partition coefficient (Wildman–Crippen LogP) is 5.05. The van der Waals surface area contributed by atoms with Crippen LogP contribution in [0.1, 0.15) is 86.5 Å². The van der Waals surface area contributed by atoms with E-state index >= 15 is 0 Å². The molecule has 0 fully saturated rings. The van der Waals surface area contributed by atoms with Gasteiger partial charge in [0.05, 0.1) is 6.61 Å². The second kappa shape index (κ2) is 16.2. The van der Waals surface area contributed by atoms with Gasteiger partial charge in [0.25, 0.3) is 0 Å². The Hall–Kier alpha value is -1.58. The highest BCUT2D eigenvalue weighted by Gasteiger charge is 2.48. The van der Waals surface area contributed by atoms with Crippen molar-refractivity contribution in [3.63, 3.8) is 0 Å². The first-order valence-corrected chi connectivity index (χ1v) is 11.4. The summed E-state index contributed by atoms with van der Waals surface area (Å²) < 4.78 is 16.2. The van der Waals surface area contributed by atoms with E-state index in [2.05, 4.69) is 11.8 Å². The van der Waals surface area contributed by atoms with Crippen LogP contribution < -0.4 is 0 Å². The van der Waals surface area contributed by atoms with Crippen molar-refractivity contribution in [1.82, 2.24) is 0 Å². The molecule has 0 rings (SSSR count). The van der Waals surface area contributed by atoms with Gasteiger partial charge < -0.3 is 19.3 Å². The minimum absolute atomic E-state index is 0.136. The van der Waals surface area contributed by atoms with Gasteiger partial charge in [-0.05, 0) is 57.3 Å². The van der Waals surface area contributed by atoms with Gasteiger partial charge >= 0.3 is 11.9 Å². The van der Waals surface area contributed by atoms with Crippen molar-refractivity contribution < 1.29 is 28.9 Å². The highest BCUT2D eigenvalue weighted by Crippen LogP contribution is 2.37. The Morgan fingerprint density at radius 3 is 1.90 bits per heavy atom. The van der Waals surface area contributed by atoms with Crippen LogP contribution >= 0.6 is 0 Å². The number of hydrogen-bond donors (Lipinski definition) is 1. The van der Waals surface area contributed by atoms with Crippen LogP contribution in [0.15, 0.2) is 0 Å². The first kappa shape index (κ1) is 28.4. The number of carbonyl (C=O) groups is 2. The van der Waals surface area contributed by atoms with E-state index in [1.165, 1.54) is 0 Å². The quantitative estimate of drug-likeness (QED) is 0.122. The average Bonchev–Trinajstić information content (AvgIpc) is 2.71. The third kappa shape index (κ3) is 10.4. The Balaban J connectivity index is 4.77. The Bertz CT molecular complexity index is 530. The monoisotopic (exact) mass is 426 g/mol. The maximum absolute atomic E-state index is 12.9. The summed E-state index contributed by atoms with van der Waals surface area (Å²) in [5, 5.41) is 9.95. The molecule has 0 bridgehead atoms. The molecule has 0 heterocycles. The Morgan fingerprint density at radius 2 is 1.47 bits per heavy atom. The summed E-state index contributed by atoms with van der Waals surface area (Å²) in [5.41, 5.74) is -1.47. The van der Waals surface area contributed by atoms with Gasteiger partial charge in [-0.25, -0.2) is 0 Å². The summed E-state index contributed by atoms with van der Waals surface area (Å²) in [4.78, 5) is 25.0. The second-order valence-corrected chi connectivity index (χ2v) is 7.98. The molecule has 0 spiro atoms. The van der Waals surface area contributed by atoms with Gasteiger partial charge in [-0.15, -0.1) is 0 Å². The van der Waals surface area contributed by atoms with Crippen LogP contribution in [0.5, 0.6) is 0 Å². The van der Waals surface area contributed by atoms with E-state index in [4.69, 9.17) is 14.2 Å². The van der Waals surface area contributed by atoms with Crippen LogP contribution in [0.2, 0.25) is 0 Å². The number of unbranched alkanes of at least 4 members (excludes halogenated alkanes) is 2. The summed E-state index contributed by atoms with van der Waals surface area (Å²) in [6.07, 6.45) is 3.79. The summed E-state index contributed by atoms with van der Waals surface area (Å²) in [6.45, 7) is 13.0. The van der Waals surface area contributed by atoms with Gasteiger partial charge in [0.15, 0.2) is 5.41 Å². The van der Waals surface area contributed by atoms with E-state index in [0.29, 0.717) is 38.9 Å². The van der Waals surface area contributed by atoms with Crippen LogP contribution in [0.4, 0.5) is 0 Å². The minimum Gasteiger partial charge on any atom is -0.480 e. The number of rotatable bonds is 16. The van der Waals surface area contributed by atoms with E-state index < -0.39 is 23.6 Å². The van der Waals surface area contributed by atoms with Gasteiger partial charge in [0.2, 0.25) is 6.29 Å². The first-order chi connectivity index (χ1) is 14.3. The van der Waals surface area contributed by atoms with Crippen molar-refractivity contribution in [3.05, 3.63) is 0 Å². The number of esters is 1. The number of hydrogen-bond acceptors (Lipinski definition) is 5. The van der Waals surface area contributed by atoms with Gasteiger partial charge in [-0.2, -0.15) is 0 Å². The van der Waals surface area contributed by atoms with Crippen molar-refractivity contribution in [3.8, 4) is 11.8 Å². The predicted molar refractivity (Wildman–Crippen MR) is 118 cm³/mol. The van der Waals surface area contributed by atoms with E-state index in [-0.39, 0.29) is 18.4 Å². The van der Waals surface area contributed by atoms with Crippen LogP contribution in [0.3, 0.4) is 0 Å². The van der Waals surface area contributed by atoms with Crippen molar-refractivity contribution >= 4 is 11.9 Å². The number of ether oxygens (including phenoxy) is 3. The van der Waals surface area contributed by atoms with Crippen LogP contribution in [0, 0.1) is 29.1 Å².